The highest BCUT2D eigenvalue weighted by molar-refractivity contribution is 7.99. The molecule has 0 aliphatic carbocycles. The number of carbonyl (C=O) groups is 1. The van der Waals surface area contributed by atoms with Crippen molar-refractivity contribution in [3.05, 3.63) is 72.6 Å². The Morgan fingerprint density at radius 1 is 1.21 bits per heavy atom. The summed E-state index contributed by atoms with van der Waals surface area (Å²) in [6.45, 7) is 3.96. The van der Waals surface area contributed by atoms with Crippen LogP contribution in [-0.4, -0.2) is 31.4 Å². The maximum Gasteiger partial charge on any atom is 0.416 e. The van der Waals surface area contributed by atoms with E-state index < -0.39 is 11.7 Å². The Hall–Kier alpha value is -3.38. The fourth-order valence-electron chi connectivity index (χ4n) is 2.97. The second kappa shape index (κ2) is 10.3. The van der Waals surface area contributed by atoms with Crippen molar-refractivity contribution in [3.63, 3.8) is 0 Å². The summed E-state index contributed by atoms with van der Waals surface area (Å²) in [6.07, 6.45) is -2.83. The monoisotopic (exact) mass is 505 g/mol. The second-order valence-electron chi connectivity index (χ2n) is 6.94. The third-order valence-corrected chi connectivity index (χ3v) is 6.43. The van der Waals surface area contributed by atoms with E-state index in [2.05, 4.69) is 27.1 Å². The number of carbonyl (C=O) groups excluding carboxylic acids is 1. The number of anilines is 1. The predicted octanol–water partition coefficient (Wildman–Crippen LogP) is 5.40. The summed E-state index contributed by atoms with van der Waals surface area (Å²) in [4.78, 5) is 16.8. The molecule has 0 fully saturated rings. The number of amides is 1. The van der Waals surface area contributed by atoms with E-state index >= 15 is 0 Å². The number of benzene rings is 2. The topological polar surface area (TPSA) is 81.9 Å². The summed E-state index contributed by atoms with van der Waals surface area (Å²) in [7, 11) is 0. The Labute approximate surface area is 200 Å². The molecule has 4 aromatic rings. The van der Waals surface area contributed by atoms with Gasteiger partial charge in [-0.25, -0.2) is 4.98 Å². The number of halogens is 3. The smallest absolute Gasteiger partial charge is 0.416 e. The van der Waals surface area contributed by atoms with Crippen molar-refractivity contribution in [1.29, 1.82) is 0 Å². The first-order valence-corrected chi connectivity index (χ1v) is 11.7. The summed E-state index contributed by atoms with van der Waals surface area (Å²) in [5.41, 5.74) is 0.0135. The van der Waals surface area contributed by atoms with Crippen molar-refractivity contribution in [1.82, 2.24) is 19.7 Å². The number of nitrogens with one attached hydrogen (secondary N) is 1. The van der Waals surface area contributed by atoms with Crippen molar-refractivity contribution >= 4 is 44.4 Å². The Balaban J connectivity index is 1.38. The van der Waals surface area contributed by atoms with Gasteiger partial charge in [0.15, 0.2) is 16.1 Å². The van der Waals surface area contributed by atoms with Gasteiger partial charge in [0.2, 0.25) is 5.91 Å². The Morgan fingerprint density at radius 2 is 2.03 bits per heavy atom. The number of allylic oxidation sites excluding steroid dienone is 1. The number of hydrogen-bond donors (Lipinski definition) is 1. The predicted molar refractivity (Wildman–Crippen MR) is 125 cm³/mol. The summed E-state index contributed by atoms with van der Waals surface area (Å²) >= 11 is 2.56. The van der Waals surface area contributed by atoms with Crippen LogP contribution in [0.3, 0.4) is 0 Å². The lowest BCUT2D eigenvalue weighted by Crippen LogP contribution is -2.14. The van der Waals surface area contributed by atoms with Crippen LogP contribution in [0.5, 0.6) is 5.75 Å². The van der Waals surface area contributed by atoms with Crippen molar-refractivity contribution < 1.29 is 22.7 Å². The van der Waals surface area contributed by atoms with E-state index in [0.717, 1.165) is 22.3 Å². The minimum Gasteiger partial charge on any atom is -0.486 e. The molecule has 4 rings (SSSR count). The first-order valence-electron chi connectivity index (χ1n) is 9.95. The molecule has 2 aromatic heterocycles. The maximum atomic E-state index is 12.9. The van der Waals surface area contributed by atoms with E-state index in [-0.39, 0.29) is 24.0 Å². The normalized spacial score (nSPS) is 11.5. The fourth-order valence-corrected chi connectivity index (χ4v) is 4.61. The lowest BCUT2D eigenvalue weighted by atomic mass is 10.2. The van der Waals surface area contributed by atoms with E-state index in [0.29, 0.717) is 22.7 Å². The fraction of sp³-hybridized carbons (Fsp3) is 0.182. The number of thiazole rings is 1. The number of aromatic nitrogens is 4. The molecule has 34 heavy (non-hydrogen) atoms. The molecule has 0 atom stereocenters. The van der Waals surface area contributed by atoms with E-state index in [4.69, 9.17) is 4.74 Å². The third-order valence-electron chi connectivity index (χ3n) is 4.51. The molecule has 176 valence electrons. The van der Waals surface area contributed by atoms with Gasteiger partial charge in [0.1, 0.15) is 12.4 Å². The largest absolute Gasteiger partial charge is 0.486 e. The Kier molecular flexibility index (Phi) is 7.17. The molecule has 7 nitrogen and oxygen atoms in total. The van der Waals surface area contributed by atoms with Gasteiger partial charge in [0.05, 0.1) is 21.5 Å². The SMILES string of the molecule is C=CCn1c(COc2cccc(C(F)(F)F)c2)nnc1SCC(=O)Nc1nc2ccccc2s1. The van der Waals surface area contributed by atoms with Crippen molar-refractivity contribution in [2.75, 3.05) is 11.1 Å². The quantitative estimate of drug-likeness (QED) is 0.242. The minimum atomic E-state index is -4.46. The van der Waals surface area contributed by atoms with Crippen LogP contribution in [0.25, 0.3) is 10.2 Å². The molecule has 0 aliphatic heterocycles. The highest BCUT2D eigenvalue weighted by Gasteiger charge is 2.30. The van der Waals surface area contributed by atoms with Gasteiger partial charge < -0.3 is 10.1 Å². The van der Waals surface area contributed by atoms with Crippen molar-refractivity contribution in [2.24, 2.45) is 0 Å². The van der Waals surface area contributed by atoms with Crippen molar-refractivity contribution in [2.45, 2.75) is 24.5 Å². The van der Waals surface area contributed by atoms with E-state index in [1.807, 2.05) is 24.3 Å². The molecule has 2 heterocycles. The number of alkyl halides is 3. The lowest BCUT2D eigenvalue weighted by Gasteiger charge is -2.11. The highest BCUT2D eigenvalue weighted by Crippen LogP contribution is 2.31. The average molecular weight is 506 g/mol. The standard InChI is InChI=1S/C22H18F3N5O2S2/c1-2-10-30-18(12-32-15-7-5-6-14(11-15)22(23,24)25)28-29-21(30)33-13-19(31)27-20-26-16-8-3-4-9-17(16)34-20/h2-9,11H,1,10,12-13H2,(H,26,27,31). The molecule has 0 aliphatic rings. The molecule has 12 heteroatoms. The van der Waals surface area contributed by atoms with Crippen LogP contribution in [0.4, 0.5) is 18.3 Å². The number of nitrogens with zero attached hydrogens (tertiary/aromatic N) is 4. The van der Waals surface area contributed by atoms with E-state index in [1.54, 1.807) is 10.6 Å². The van der Waals surface area contributed by atoms with Crippen LogP contribution in [0, 0.1) is 0 Å². The molecule has 0 radical (unpaired) electrons. The van der Waals surface area contributed by atoms with Crippen molar-refractivity contribution in [3.8, 4) is 5.75 Å². The van der Waals surface area contributed by atoms with E-state index in [1.165, 1.54) is 35.2 Å². The van der Waals surface area contributed by atoms with E-state index in [9.17, 15) is 18.0 Å². The van der Waals surface area contributed by atoms with Crippen LogP contribution in [-0.2, 0) is 24.1 Å². The van der Waals surface area contributed by atoms with Gasteiger partial charge in [-0.15, -0.1) is 16.8 Å². The van der Waals surface area contributed by atoms with Gasteiger partial charge in [-0.1, -0.05) is 47.4 Å². The van der Waals surface area contributed by atoms with Gasteiger partial charge in [0, 0.05) is 6.54 Å². The number of hydrogen-bond acceptors (Lipinski definition) is 7. The number of thioether (sulfide) groups is 1. The van der Waals surface area contributed by atoms with Crippen LogP contribution in [0.15, 0.2) is 66.3 Å². The van der Waals surface area contributed by atoms with Gasteiger partial charge in [-0.2, -0.15) is 13.2 Å². The molecule has 0 spiro atoms. The zero-order valence-corrected chi connectivity index (χ0v) is 19.2. The number of para-hydroxylation sites is 1. The molecular weight excluding hydrogens is 487 g/mol. The molecule has 0 unspecified atom stereocenters. The first kappa shape index (κ1) is 23.8. The molecule has 0 bridgehead atoms. The first-order chi connectivity index (χ1) is 16.3. The van der Waals surface area contributed by atoms with Crippen LogP contribution in [0.1, 0.15) is 11.4 Å². The number of fused-ring (bicyclic) bond motifs is 1. The molecule has 2 aromatic carbocycles. The molecular formula is C22H18F3N5O2S2. The minimum absolute atomic E-state index is 0.0624. The Morgan fingerprint density at radius 3 is 2.79 bits per heavy atom. The molecule has 1 N–H and O–H groups in total. The zero-order chi connectivity index (χ0) is 24.1. The zero-order valence-electron chi connectivity index (χ0n) is 17.6. The third kappa shape index (κ3) is 5.75. The average Bonchev–Trinajstić information content (AvgIpc) is 3.39. The van der Waals surface area contributed by atoms with Crippen LogP contribution < -0.4 is 10.1 Å². The van der Waals surface area contributed by atoms with Gasteiger partial charge in [0.25, 0.3) is 0 Å². The van der Waals surface area contributed by atoms with Crippen LogP contribution in [0.2, 0.25) is 0 Å². The van der Waals surface area contributed by atoms with Gasteiger partial charge >= 0.3 is 6.18 Å². The second-order valence-corrected chi connectivity index (χ2v) is 8.91. The lowest BCUT2D eigenvalue weighted by molar-refractivity contribution is -0.137. The van der Waals surface area contributed by atoms with Gasteiger partial charge in [-0.05, 0) is 30.3 Å². The van der Waals surface area contributed by atoms with Crippen LogP contribution >= 0.6 is 23.1 Å². The summed E-state index contributed by atoms with van der Waals surface area (Å²) < 4.78 is 46.9. The maximum absolute atomic E-state index is 12.9. The summed E-state index contributed by atoms with van der Waals surface area (Å²) in [5.74, 6) is 0.275. The molecule has 1 amide bonds. The number of ether oxygens (including phenoxy) is 1. The number of rotatable bonds is 9. The highest BCUT2D eigenvalue weighted by atomic mass is 32.2. The molecule has 0 saturated heterocycles. The Bertz CT molecular complexity index is 1290. The molecule has 0 saturated carbocycles. The van der Waals surface area contributed by atoms with Gasteiger partial charge in [-0.3, -0.25) is 9.36 Å². The summed E-state index contributed by atoms with van der Waals surface area (Å²) in [6, 6.07) is 12.2. The summed E-state index contributed by atoms with van der Waals surface area (Å²) in [5, 5.41) is 11.9.